The summed E-state index contributed by atoms with van der Waals surface area (Å²) in [5.41, 5.74) is 2.29. The molecule has 0 unspecified atom stereocenters. The summed E-state index contributed by atoms with van der Waals surface area (Å²) < 4.78 is 47.5. The number of nitrogens with zero attached hydrogens (tertiary/aromatic N) is 4. The molecule has 1 aliphatic rings. The van der Waals surface area contributed by atoms with Crippen LogP contribution >= 0.6 is 0 Å². The van der Waals surface area contributed by atoms with Crippen LogP contribution in [-0.2, 0) is 6.18 Å². The number of hydrogen-bond acceptors (Lipinski definition) is 7. The van der Waals surface area contributed by atoms with Gasteiger partial charge in [0.15, 0.2) is 0 Å². The zero-order chi connectivity index (χ0) is 29.0. The maximum atomic E-state index is 13.9. The van der Waals surface area contributed by atoms with Gasteiger partial charge in [0.1, 0.15) is 11.9 Å². The second kappa shape index (κ2) is 11.9. The van der Waals surface area contributed by atoms with E-state index in [1.54, 1.807) is 42.9 Å². The molecule has 4 aromatic rings. The van der Waals surface area contributed by atoms with Crippen LogP contribution in [0.2, 0.25) is 0 Å². The smallest absolute Gasteiger partial charge is 0.419 e. The quantitative estimate of drug-likeness (QED) is 0.272. The number of piperidine rings is 1. The van der Waals surface area contributed by atoms with Gasteiger partial charge in [0.2, 0.25) is 5.95 Å². The van der Waals surface area contributed by atoms with Crippen molar-refractivity contribution >= 4 is 23.2 Å². The number of carbonyl (C=O) groups excluding carboxylic acids is 1. The van der Waals surface area contributed by atoms with E-state index >= 15 is 0 Å². The van der Waals surface area contributed by atoms with Crippen molar-refractivity contribution in [1.29, 1.82) is 0 Å². The van der Waals surface area contributed by atoms with Crippen molar-refractivity contribution in [2.75, 3.05) is 30.8 Å². The van der Waals surface area contributed by atoms with E-state index in [4.69, 9.17) is 4.74 Å². The average Bonchev–Trinajstić information content (AvgIpc) is 2.96. The highest BCUT2D eigenvalue weighted by Crippen LogP contribution is 2.38. The lowest BCUT2D eigenvalue weighted by molar-refractivity contribution is -0.139. The third-order valence-electron chi connectivity index (χ3n) is 6.86. The third kappa shape index (κ3) is 6.98. The molecule has 2 aromatic carbocycles. The van der Waals surface area contributed by atoms with E-state index in [1.807, 2.05) is 26.1 Å². The van der Waals surface area contributed by atoms with Crippen LogP contribution in [0.1, 0.15) is 34.3 Å². The number of aromatic nitrogens is 3. The number of ether oxygens (including phenoxy) is 1. The molecule has 0 aliphatic carbocycles. The number of rotatable bonds is 7. The summed E-state index contributed by atoms with van der Waals surface area (Å²) in [5, 5.41) is 5.84. The number of hydrogen-bond donors (Lipinski definition) is 2. The summed E-state index contributed by atoms with van der Waals surface area (Å²) in [6.45, 7) is 3.38. The predicted octanol–water partition coefficient (Wildman–Crippen LogP) is 6.33. The lowest BCUT2D eigenvalue weighted by atomic mass is 10.1. The van der Waals surface area contributed by atoms with E-state index in [9.17, 15) is 18.0 Å². The molecule has 2 N–H and O–H groups in total. The van der Waals surface area contributed by atoms with Crippen LogP contribution in [0, 0.1) is 6.92 Å². The highest BCUT2D eigenvalue weighted by atomic mass is 19.4. The number of amides is 1. The van der Waals surface area contributed by atoms with E-state index in [1.165, 1.54) is 12.1 Å². The number of halogens is 3. The third-order valence-corrected chi connectivity index (χ3v) is 6.86. The molecule has 2 aromatic heterocycles. The van der Waals surface area contributed by atoms with Crippen LogP contribution in [0.5, 0.6) is 5.75 Å². The largest absolute Gasteiger partial charge is 0.490 e. The Morgan fingerprint density at radius 3 is 2.59 bits per heavy atom. The van der Waals surface area contributed by atoms with Crippen LogP contribution in [0.15, 0.2) is 73.2 Å². The minimum atomic E-state index is -4.68. The molecular weight excluding hydrogens is 533 g/mol. The van der Waals surface area contributed by atoms with Gasteiger partial charge in [-0.05, 0) is 80.9 Å². The van der Waals surface area contributed by atoms with Gasteiger partial charge in [-0.2, -0.15) is 13.2 Å². The Morgan fingerprint density at radius 1 is 1.05 bits per heavy atom. The van der Waals surface area contributed by atoms with Crippen LogP contribution in [0.3, 0.4) is 0 Å². The molecular formula is C30H29F3N6O2. The lowest BCUT2D eigenvalue weighted by Gasteiger charge is -2.30. The van der Waals surface area contributed by atoms with E-state index in [0.717, 1.165) is 30.3 Å². The fourth-order valence-electron chi connectivity index (χ4n) is 4.53. The van der Waals surface area contributed by atoms with E-state index in [2.05, 4.69) is 30.5 Å². The lowest BCUT2D eigenvalue weighted by Crippen LogP contribution is -2.36. The Labute approximate surface area is 235 Å². The zero-order valence-electron chi connectivity index (χ0n) is 22.6. The SMILES string of the molecule is Cc1ccc(NC(=O)c2ccc(OC3CCN(C)CC3)c(C(F)(F)F)c2)cc1Nc1nccc(-c2cccnc2)n1. The Morgan fingerprint density at radius 2 is 1.85 bits per heavy atom. The van der Waals surface area contributed by atoms with Gasteiger partial charge < -0.3 is 20.3 Å². The first-order valence-electron chi connectivity index (χ1n) is 13.1. The van der Waals surface area contributed by atoms with Crippen LogP contribution in [0.4, 0.5) is 30.5 Å². The zero-order valence-corrected chi connectivity index (χ0v) is 22.6. The van der Waals surface area contributed by atoms with Gasteiger partial charge in [0.25, 0.3) is 5.91 Å². The highest BCUT2D eigenvalue weighted by Gasteiger charge is 2.36. The molecule has 1 fully saturated rings. The number of likely N-dealkylation sites (tertiary alicyclic amines) is 1. The molecule has 1 amide bonds. The minimum Gasteiger partial charge on any atom is -0.490 e. The molecule has 1 saturated heterocycles. The predicted molar refractivity (Wildman–Crippen MR) is 150 cm³/mol. The van der Waals surface area contributed by atoms with Crippen molar-refractivity contribution in [2.45, 2.75) is 32.0 Å². The molecule has 0 atom stereocenters. The summed E-state index contributed by atoms with van der Waals surface area (Å²) in [5.74, 6) is -0.599. The first kappa shape index (κ1) is 28.0. The van der Waals surface area contributed by atoms with Gasteiger partial charge in [-0.25, -0.2) is 9.97 Å². The molecule has 1 aliphatic heterocycles. The molecule has 5 rings (SSSR count). The fourth-order valence-corrected chi connectivity index (χ4v) is 4.53. The number of benzene rings is 2. The molecule has 0 bridgehead atoms. The van der Waals surface area contributed by atoms with Crippen molar-refractivity contribution in [3.63, 3.8) is 0 Å². The van der Waals surface area contributed by atoms with E-state index in [-0.39, 0.29) is 17.4 Å². The Hall–Kier alpha value is -4.51. The number of aryl methyl sites for hydroxylation is 1. The van der Waals surface area contributed by atoms with Crippen LogP contribution < -0.4 is 15.4 Å². The van der Waals surface area contributed by atoms with E-state index < -0.39 is 17.6 Å². The number of pyridine rings is 1. The fraction of sp³-hybridized carbons (Fsp3) is 0.267. The molecule has 212 valence electrons. The minimum absolute atomic E-state index is 0.129. The summed E-state index contributed by atoms with van der Waals surface area (Å²) in [7, 11) is 1.97. The highest BCUT2D eigenvalue weighted by molar-refractivity contribution is 6.04. The molecule has 11 heteroatoms. The average molecular weight is 563 g/mol. The summed E-state index contributed by atoms with van der Waals surface area (Å²) in [6.07, 6.45) is 1.29. The van der Waals surface area contributed by atoms with Crippen molar-refractivity contribution in [2.24, 2.45) is 0 Å². The number of alkyl halides is 3. The van der Waals surface area contributed by atoms with Gasteiger partial charge >= 0.3 is 6.18 Å². The summed E-state index contributed by atoms with van der Waals surface area (Å²) >= 11 is 0. The number of carbonyl (C=O) groups is 1. The van der Waals surface area contributed by atoms with Gasteiger partial charge in [-0.1, -0.05) is 6.07 Å². The topological polar surface area (TPSA) is 92.3 Å². The van der Waals surface area contributed by atoms with Crippen molar-refractivity contribution < 1.29 is 22.7 Å². The molecule has 3 heterocycles. The number of anilines is 3. The second-order valence-electron chi connectivity index (χ2n) is 9.95. The van der Waals surface area contributed by atoms with Crippen LogP contribution in [-0.4, -0.2) is 52.0 Å². The van der Waals surface area contributed by atoms with Gasteiger partial charge in [-0.3, -0.25) is 9.78 Å². The molecule has 0 spiro atoms. The van der Waals surface area contributed by atoms with Crippen molar-refractivity contribution in [3.8, 4) is 17.0 Å². The summed E-state index contributed by atoms with van der Waals surface area (Å²) in [4.78, 5) is 28.0. The maximum absolute atomic E-state index is 13.9. The van der Waals surface area contributed by atoms with Gasteiger partial charge in [0.05, 0.1) is 11.3 Å². The molecule has 0 radical (unpaired) electrons. The van der Waals surface area contributed by atoms with Crippen molar-refractivity contribution in [3.05, 3.63) is 89.9 Å². The first-order chi connectivity index (χ1) is 19.7. The monoisotopic (exact) mass is 562 g/mol. The van der Waals surface area contributed by atoms with Gasteiger partial charge in [0, 0.05) is 54.2 Å². The normalized spacial score (nSPS) is 14.5. The maximum Gasteiger partial charge on any atom is 0.419 e. The Balaban J connectivity index is 1.32. The van der Waals surface area contributed by atoms with E-state index in [0.29, 0.717) is 35.9 Å². The molecule has 0 saturated carbocycles. The second-order valence-corrected chi connectivity index (χ2v) is 9.95. The standard InChI is InChI=1S/C30H29F3N6O2/c1-19-5-7-22(17-26(19)38-29-35-13-9-25(37-29)21-4-3-12-34-18-21)36-28(40)20-6-8-27(24(16-20)30(31,32)33)41-23-10-14-39(2)15-11-23/h3-9,12-13,16-18,23H,10-11,14-15H2,1-2H3,(H,36,40)(H,35,37,38). The number of nitrogens with one attached hydrogen (secondary N) is 2. The summed E-state index contributed by atoms with van der Waals surface area (Å²) in [6, 6.07) is 14.0. The molecule has 8 nitrogen and oxygen atoms in total. The Bertz CT molecular complexity index is 1520. The van der Waals surface area contributed by atoms with Crippen molar-refractivity contribution in [1.82, 2.24) is 19.9 Å². The Kier molecular flexibility index (Phi) is 8.16. The molecule has 41 heavy (non-hydrogen) atoms. The van der Waals surface area contributed by atoms with Gasteiger partial charge in [-0.15, -0.1) is 0 Å². The first-order valence-corrected chi connectivity index (χ1v) is 13.1. The van der Waals surface area contributed by atoms with Crippen LogP contribution in [0.25, 0.3) is 11.3 Å².